The summed E-state index contributed by atoms with van der Waals surface area (Å²) in [5, 5.41) is 8.43. The van der Waals surface area contributed by atoms with Crippen LogP contribution in [0.3, 0.4) is 0 Å². The molecule has 1 heterocycles. The van der Waals surface area contributed by atoms with Crippen LogP contribution in [-0.4, -0.2) is 21.4 Å². The predicted molar refractivity (Wildman–Crippen MR) is 45.7 cm³/mol. The molecule has 0 aromatic carbocycles. The fourth-order valence-electron chi connectivity index (χ4n) is 0.664. The van der Waals surface area contributed by atoms with E-state index >= 15 is 0 Å². The van der Waals surface area contributed by atoms with Gasteiger partial charge in [0.05, 0.1) is 11.9 Å². The summed E-state index contributed by atoms with van der Waals surface area (Å²) in [4.78, 5) is 4.28. The van der Waals surface area contributed by atoms with E-state index in [4.69, 9.17) is 0 Å². The van der Waals surface area contributed by atoms with Gasteiger partial charge in [-0.05, 0) is 12.2 Å². The van der Waals surface area contributed by atoms with E-state index in [9.17, 15) is 0 Å². The van der Waals surface area contributed by atoms with Gasteiger partial charge in [-0.3, -0.25) is 0 Å². The summed E-state index contributed by atoms with van der Waals surface area (Å²) in [7, 11) is 0. The van der Waals surface area contributed by atoms with Gasteiger partial charge in [0.2, 0.25) is 5.16 Å². The summed E-state index contributed by atoms with van der Waals surface area (Å²) in [6.45, 7) is 4.18. The molecule has 1 rings (SSSR count). The second-order valence-electron chi connectivity index (χ2n) is 2.52. The second kappa shape index (κ2) is 3.67. The Bertz CT molecular complexity index is 237. The number of rotatable bonds is 2. The fourth-order valence-corrected chi connectivity index (χ4v) is 0.989. The zero-order valence-corrected chi connectivity index (χ0v) is 7.72. The molecule has 0 saturated heterocycles. The van der Waals surface area contributed by atoms with Crippen molar-refractivity contribution >= 4 is 11.8 Å². The van der Waals surface area contributed by atoms with Gasteiger partial charge >= 0.3 is 0 Å². The van der Waals surface area contributed by atoms with Crippen molar-refractivity contribution in [2.45, 2.75) is 24.9 Å². The molecule has 0 N–H and O–H groups in total. The summed E-state index contributed by atoms with van der Waals surface area (Å²) in [5.41, 5.74) is 1.00. The first kappa shape index (κ1) is 8.46. The van der Waals surface area contributed by atoms with Crippen LogP contribution in [0.25, 0.3) is 0 Å². The Morgan fingerprint density at radius 3 is 2.73 bits per heavy atom. The first-order chi connectivity index (χ1) is 5.24. The van der Waals surface area contributed by atoms with E-state index in [-0.39, 0.29) is 0 Å². The van der Waals surface area contributed by atoms with Gasteiger partial charge in [0, 0.05) is 0 Å². The van der Waals surface area contributed by atoms with Gasteiger partial charge in [0.1, 0.15) is 0 Å². The molecule has 0 bridgehead atoms. The standard InChI is InChI=1S/C7H11N3S/c1-5(2)6-4-8-10-7(9-6)11-3/h4-5H,1-3H3. The van der Waals surface area contributed by atoms with Crippen molar-refractivity contribution in [3.63, 3.8) is 0 Å². The third kappa shape index (κ3) is 2.15. The van der Waals surface area contributed by atoms with Crippen LogP contribution < -0.4 is 0 Å². The first-order valence-electron chi connectivity index (χ1n) is 3.47. The summed E-state index contributed by atoms with van der Waals surface area (Å²) >= 11 is 1.52. The van der Waals surface area contributed by atoms with Crippen molar-refractivity contribution in [1.29, 1.82) is 0 Å². The second-order valence-corrected chi connectivity index (χ2v) is 3.30. The van der Waals surface area contributed by atoms with E-state index in [1.54, 1.807) is 6.20 Å². The zero-order chi connectivity index (χ0) is 8.27. The molecule has 0 spiro atoms. The van der Waals surface area contributed by atoms with Crippen LogP contribution >= 0.6 is 11.8 Å². The van der Waals surface area contributed by atoms with Crippen LogP contribution in [0.2, 0.25) is 0 Å². The maximum atomic E-state index is 4.28. The molecule has 0 saturated carbocycles. The molecule has 0 radical (unpaired) electrons. The average molecular weight is 169 g/mol. The normalized spacial score (nSPS) is 10.5. The Morgan fingerprint density at radius 2 is 2.18 bits per heavy atom. The predicted octanol–water partition coefficient (Wildman–Crippen LogP) is 1.72. The SMILES string of the molecule is CSc1nncc(C(C)C)n1. The number of aromatic nitrogens is 3. The monoisotopic (exact) mass is 169 g/mol. The minimum Gasteiger partial charge on any atom is -0.224 e. The average Bonchev–Trinajstić information content (AvgIpc) is 2.05. The molecule has 3 nitrogen and oxygen atoms in total. The maximum Gasteiger partial charge on any atom is 0.209 e. The number of thioether (sulfide) groups is 1. The Balaban J connectivity index is 2.91. The minimum absolute atomic E-state index is 0.427. The van der Waals surface area contributed by atoms with Gasteiger partial charge in [-0.15, -0.1) is 5.10 Å². The molecule has 0 aliphatic heterocycles. The largest absolute Gasteiger partial charge is 0.224 e. The molecular formula is C7H11N3S. The summed E-state index contributed by atoms with van der Waals surface area (Å²) < 4.78 is 0. The van der Waals surface area contributed by atoms with Gasteiger partial charge in [-0.1, -0.05) is 25.6 Å². The lowest BCUT2D eigenvalue weighted by Gasteiger charge is -2.02. The highest BCUT2D eigenvalue weighted by atomic mass is 32.2. The molecule has 4 heteroatoms. The third-order valence-corrected chi connectivity index (χ3v) is 1.87. The van der Waals surface area contributed by atoms with Crippen LogP contribution in [0.15, 0.2) is 11.4 Å². The van der Waals surface area contributed by atoms with Gasteiger partial charge in [0.25, 0.3) is 0 Å². The summed E-state index contributed by atoms with van der Waals surface area (Å²) in [5.74, 6) is 0.427. The van der Waals surface area contributed by atoms with Gasteiger partial charge in [-0.25, -0.2) is 4.98 Å². The lowest BCUT2D eigenvalue weighted by Crippen LogP contribution is -1.97. The highest BCUT2D eigenvalue weighted by Gasteiger charge is 2.02. The molecule has 0 atom stereocenters. The van der Waals surface area contributed by atoms with E-state index in [2.05, 4.69) is 29.0 Å². The van der Waals surface area contributed by atoms with E-state index in [1.807, 2.05) is 6.26 Å². The summed E-state index contributed by atoms with van der Waals surface area (Å²) in [6.07, 6.45) is 3.66. The fraction of sp³-hybridized carbons (Fsp3) is 0.571. The molecule has 0 aliphatic carbocycles. The molecule has 1 aromatic rings. The Morgan fingerprint density at radius 1 is 1.45 bits per heavy atom. The van der Waals surface area contributed by atoms with E-state index < -0.39 is 0 Å². The number of hydrogen-bond donors (Lipinski definition) is 0. The summed E-state index contributed by atoms with van der Waals surface area (Å²) in [6, 6.07) is 0. The molecule has 0 fully saturated rings. The molecular weight excluding hydrogens is 158 g/mol. The van der Waals surface area contributed by atoms with Crippen LogP contribution in [0, 0.1) is 0 Å². The van der Waals surface area contributed by atoms with Gasteiger partial charge < -0.3 is 0 Å². The quantitative estimate of drug-likeness (QED) is 0.632. The van der Waals surface area contributed by atoms with Crippen molar-refractivity contribution in [2.75, 3.05) is 6.26 Å². The molecule has 1 aromatic heterocycles. The highest BCUT2D eigenvalue weighted by molar-refractivity contribution is 7.98. The molecule has 0 aliphatic rings. The van der Waals surface area contributed by atoms with Gasteiger partial charge in [-0.2, -0.15) is 5.10 Å². The van der Waals surface area contributed by atoms with Crippen molar-refractivity contribution in [2.24, 2.45) is 0 Å². The van der Waals surface area contributed by atoms with E-state index in [0.29, 0.717) is 5.92 Å². The van der Waals surface area contributed by atoms with E-state index in [0.717, 1.165) is 10.9 Å². The maximum absolute atomic E-state index is 4.28. The van der Waals surface area contributed by atoms with E-state index in [1.165, 1.54) is 11.8 Å². The third-order valence-electron chi connectivity index (χ3n) is 1.33. The molecule has 11 heavy (non-hydrogen) atoms. The van der Waals surface area contributed by atoms with Crippen molar-refractivity contribution in [1.82, 2.24) is 15.2 Å². The highest BCUT2D eigenvalue weighted by Crippen LogP contribution is 2.12. The molecule has 0 unspecified atom stereocenters. The van der Waals surface area contributed by atoms with Crippen molar-refractivity contribution in [3.8, 4) is 0 Å². The lowest BCUT2D eigenvalue weighted by atomic mass is 10.1. The smallest absolute Gasteiger partial charge is 0.209 e. The zero-order valence-electron chi connectivity index (χ0n) is 6.90. The molecule has 60 valence electrons. The Kier molecular flexibility index (Phi) is 2.82. The van der Waals surface area contributed by atoms with Crippen LogP contribution in [0.1, 0.15) is 25.5 Å². The van der Waals surface area contributed by atoms with Crippen LogP contribution in [0.4, 0.5) is 0 Å². The Hall–Kier alpha value is -0.640. The van der Waals surface area contributed by atoms with Crippen molar-refractivity contribution in [3.05, 3.63) is 11.9 Å². The lowest BCUT2D eigenvalue weighted by molar-refractivity contribution is 0.732. The first-order valence-corrected chi connectivity index (χ1v) is 4.70. The van der Waals surface area contributed by atoms with Gasteiger partial charge in [0.15, 0.2) is 0 Å². The van der Waals surface area contributed by atoms with Crippen molar-refractivity contribution < 1.29 is 0 Å². The molecule has 0 amide bonds. The minimum atomic E-state index is 0.427. The number of hydrogen-bond acceptors (Lipinski definition) is 4. The van der Waals surface area contributed by atoms with Crippen LogP contribution in [0.5, 0.6) is 0 Å². The Labute approximate surface area is 70.6 Å². The van der Waals surface area contributed by atoms with Crippen LogP contribution in [-0.2, 0) is 0 Å². The number of nitrogens with zero attached hydrogens (tertiary/aromatic N) is 3. The topological polar surface area (TPSA) is 38.7 Å².